The van der Waals surface area contributed by atoms with Crippen LogP contribution in [-0.2, 0) is 24.2 Å². The number of nitrogens with zero attached hydrogens (tertiary/aromatic N) is 5. The number of hydrogen-bond acceptors (Lipinski definition) is 5. The van der Waals surface area contributed by atoms with Gasteiger partial charge in [-0.3, -0.25) is 14.3 Å². The summed E-state index contributed by atoms with van der Waals surface area (Å²) in [6.45, 7) is 6.19. The molecule has 0 aliphatic carbocycles. The van der Waals surface area contributed by atoms with Crippen LogP contribution < -0.4 is 5.32 Å². The first-order chi connectivity index (χ1) is 18.5. The van der Waals surface area contributed by atoms with Crippen LogP contribution in [0.15, 0.2) is 67.1 Å². The molecule has 8 nitrogen and oxygen atoms in total. The van der Waals surface area contributed by atoms with Crippen LogP contribution in [0.5, 0.6) is 0 Å². The molecule has 1 N–H and O–H groups in total. The Morgan fingerprint density at radius 2 is 1.79 bits per heavy atom. The number of carbonyl (C=O) groups excluding carboxylic acids is 2. The summed E-state index contributed by atoms with van der Waals surface area (Å²) in [7, 11) is 0. The third-order valence-corrected chi connectivity index (χ3v) is 7.29. The van der Waals surface area contributed by atoms with Crippen molar-refractivity contribution >= 4 is 29.0 Å². The molecular weight excluding hydrogens is 500 g/mol. The molecule has 1 saturated heterocycles. The summed E-state index contributed by atoms with van der Waals surface area (Å²) in [5.41, 5.74) is 4.69. The van der Waals surface area contributed by atoms with Gasteiger partial charge in [0.1, 0.15) is 0 Å². The largest absolute Gasteiger partial charge is 0.324 e. The monoisotopic (exact) mass is 530 g/mol. The van der Waals surface area contributed by atoms with E-state index >= 15 is 0 Å². The highest BCUT2D eigenvalue weighted by molar-refractivity contribution is 6.33. The van der Waals surface area contributed by atoms with Crippen molar-refractivity contribution in [3.63, 3.8) is 0 Å². The molecular formula is C29H31ClN6O2. The molecule has 3 heterocycles. The SMILES string of the molecule is Cc1c(CC(=O)c2cccc(-n3cc(CC(=O)Nc4ccccc4Cl)cn3)c2)cnn1CCN1CCCC1. The van der Waals surface area contributed by atoms with Gasteiger partial charge in [0, 0.05) is 36.0 Å². The smallest absolute Gasteiger partial charge is 0.228 e. The van der Waals surface area contributed by atoms with Gasteiger partial charge >= 0.3 is 0 Å². The summed E-state index contributed by atoms with van der Waals surface area (Å²) in [5.74, 6) is -0.154. The molecule has 0 saturated carbocycles. The van der Waals surface area contributed by atoms with Gasteiger partial charge in [0.05, 0.1) is 41.8 Å². The summed E-state index contributed by atoms with van der Waals surface area (Å²) in [5, 5.41) is 12.2. The van der Waals surface area contributed by atoms with Gasteiger partial charge in [0.25, 0.3) is 0 Å². The Morgan fingerprint density at radius 1 is 0.974 bits per heavy atom. The topological polar surface area (TPSA) is 85.0 Å². The highest BCUT2D eigenvalue weighted by Gasteiger charge is 2.16. The second-order valence-corrected chi connectivity index (χ2v) is 10.1. The third-order valence-electron chi connectivity index (χ3n) is 6.96. The molecule has 2 aromatic heterocycles. The van der Waals surface area contributed by atoms with E-state index in [4.69, 9.17) is 11.6 Å². The van der Waals surface area contributed by atoms with Crippen LogP contribution in [0.2, 0.25) is 5.02 Å². The molecule has 1 aliphatic heterocycles. The van der Waals surface area contributed by atoms with Crippen molar-refractivity contribution < 1.29 is 9.59 Å². The number of rotatable bonds is 10. The Balaban J connectivity index is 1.21. The van der Waals surface area contributed by atoms with Gasteiger partial charge in [0.2, 0.25) is 5.91 Å². The Hall–Kier alpha value is -3.75. The fraction of sp³-hybridized carbons (Fsp3) is 0.310. The summed E-state index contributed by atoms with van der Waals surface area (Å²) < 4.78 is 3.68. The van der Waals surface area contributed by atoms with Gasteiger partial charge in [0.15, 0.2) is 5.78 Å². The number of carbonyl (C=O) groups is 2. The second kappa shape index (κ2) is 11.8. The molecule has 1 fully saturated rings. The van der Waals surface area contributed by atoms with E-state index in [-0.39, 0.29) is 18.1 Å². The molecule has 0 spiro atoms. The molecule has 2 aromatic carbocycles. The fourth-order valence-corrected chi connectivity index (χ4v) is 4.94. The Bertz CT molecular complexity index is 1440. The van der Waals surface area contributed by atoms with E-state index in [1.807, 2.05) is 54.2 Å². The standard InChI is InChI=1S/C29H31ClN6O2/c1-21-24(19-32-35(21)14-13-34-11-4-5-12-34)17-28(37)23-7-6-8-25(16-23)36-20-22(18-31-36)15-29(38)33-27-10-3-2-9-26(27)30/h2-3,6-10,16,18-20H,4-5,11-15,17H2,1H3,(H,33,38). The lowest BCUT2D eigenvalue weighted by Gasteiger charge is -2.15. The maximum atomic E-state index is 13.1. The zero-order chi connectivity index (χ0) is 26.5. The molecule has 0 radical (unpaired) electrons. The number of nitrogens with one attached hydrogen (secondary N) is 1. The van der Waals surface area contributed by atoms with Crippen LogP contribution >= 0.6 is 11.6 Å². The van der Waals surface area contributed by atoms with E-state index in [2.05, 4.69) is 20.4 Å². The molecule has 0 atom stereocenters. The lowest BCUT2D eigenvalue weighted by molar-refractivity contribution is -0.115. The van der Waals surface area contributed by atoms with E-state index in [0.717, 1.165) is 48.7 Å². The first kappa shape index (κ1) is 25.9. The van der Waals surface area contributed by atoms with Gasteiger partial charge in [-0.15, -0.1) is 0 Å². The number of aromatic nitrogens is 4. The first-order valence-electron chi connectivity index (χ1n) is 12.9. The lowest BCUT2D eigenvalue weighted by atomic mass is 10.0. The maximum absolute atomic E-state index is 13.1. The Morgan fingerprint density at radius 3 is 2.61 bits per heavy atom. The van der Waals surface area contributed by atoms with Crippen molar-refractivity contribution in [3.8, 4) is 5.69 Å². The highest BCUT2D eigenvalue weighted by atomic mass is 35.5. The quantitative estimate of drug-likeness (QED) is 0.299. The molecule has 1 amide bonds. The summed E-state index contributed by atoms with van der Waals surface area (Å²) in [4.78, 5) is 28.1. The van der Waals surface area contributed by atoms with Gasteiger partial charge in [-0.05, 0) is 62.7 Å². The predicted octanol–water partition coefficient (Wildman–Crippen LogP) is 4.73. The summed E-state index contributed by atoms with van der Waals surface area (Å²) in [6, 6.07) is 14.5. The number of Topliss-reactive ketones (excluding diaryl/α,β-unsaturated/α-hetero) is 1. The molecule has 5 rings (SSSR count). The Labute approximate surface area is 227 Å². The van der Waals surface area contributed by atoms with Crippen molar-refractivity contribution in [1.29, 1.82) is 0 Å². The number of amides is 1. The number of ketones is 1. The molecule has 196 valence electrons. The zero-order valence-electron chi connectivity index (χ0n) is 21.4. The van der Waals surface area contributed by atoms with Gasteiger partial charge in [-0.2, -0.15) is 10.2 Å². The molecule has 0 unspecified atom stereocenters. The maximum Gasteiger partial charge on any atom is 0.228 e. The molecule has 1 aliphatic rings. The zero-order valence-corrected chi connectivity index (χ0v) is 22.2. The van der Waals surface area contributed by atoms with E-state index in [1.165, 1.54) is 12.8 Å². The molecule has 0 bridgehead atoms. The molecule has 38 heavy (non-hydrogen) atoms. The molecule has 4 aromatic rings. The number of halogens is 1. The third kappa shape index (κ3) is 6.20. The van der Waals surface area contributed by atoms with Gasteiger partial charge < -0.3 is 10.2 Å². The number of hydrogen-bond donors (Lipinski definition) is 1. The average Bonchev–Trinajstić information content (AvgIpc) is 3.67. The van der Waals surface area contributed by atoms with E-state index in [0.29, 0.717) is 22.7 Å². The van der Waals surface area contributed by atoms with Crippen molar-refractivity contribution in [1.82, 2.24) is 24.5 Å². The van der Waals surface area contributed by atoms with Crippen LogP contribution in [0, 0.1) is 6.92 Å². The molecule has 9 heteroatoms. The Kier molecular flexibility index (Phi) is 8.00. The van der Waals surface area contributed by atoms with Gasteiger partial charge in [-0.1, -0.05) is 35.9 Å². The van der Waals surface area contributed by atoms with Crippen LogP contribution in [0.1, 0.15) is 40.0 Å². The fourth-order valence-electron chi connectivity index (χ4n) is 4.76. The average molecular weight is 531 g/mol. The second-order valence-electron chi connectivity index (χ2n) is 9.68. The minimum absolute atomic E-state index is 0.0283. The number of likely N-dealkylation sites (tertiary alicyclic amines) is 1. The van der Waals surface area contributed by atoms with Crippen molar-refractivity contribution in [3.05, 3.63) is 94.5 Å². The summed E-state index contributed by atoms with van der Waals surface area (Å²) >= 11 is 6.13. The number of benzene rings is 2. The van der Waals surface area contributed by atoms with E-state index in [9.17, 15) is 9.59 Å². The normalized spacial score (nSPS) is 13.6. The van der Waals surface area contributed by atoms with Crippen molar-refractivity contribution in [2.24, 2.45) is 0 Å². The predicted molar refractivity (Wildman–Crippen MR) is 148 cm³/mol. The highest BCUT2D eigenvalue weighted by Crippen LogP contribution is 2.21. The number of para-hydroxylation sites is 1. The van der Waals surface area contributed by atoms with Crippen molar-refractivity contribution in [2.45, 2.75) is 39.2 Å². The summed E-state index contributed by atoms with van der Waals surface area (Å²) in [6.07, 6.45) is 8.27. The minimum atomic E-state index is -0.182. The van der Waals surface area contributed by atoms with E-state index < -0.39 is 0 Å². The number of anilines is 1. The van der Waals surface area contributed by atoms with Crippen LogP contribution in [0.25, 0.3) is 5.69 Å². The van der Waals surface area contributed by atoms with Crippen LogP contribution in [0.3, 0.4) is 0 Å². The minimum Gasteiger partial charge on any atom is -0.324 e. The van der Waals surface area contributed by atoms with E-state index in [1.54, 1.807) is 29.2 Å². The van der Waals surface area contributed by atoms with Crippen LogP contribution in [0.4, 0.5) is 5.69 Å². The van der Waals surface area contributed by atoms with Gasteiger partial charge in [-0.25, -0.2) is 4.68 Å². The van der Waals surface area contributed by atoms with Crippen molar-refractivity contribution in [2.75, 3.05) is 25.0 Å². The van der Waals surface area contributed by atoms with Crippen LogP contribution in [-0.4, -0.2) is 55.8 Å². The first-order valence-corrected chi connectivity index (χ1v) is 13.3. The lowest BCUT2D eigenvalue weighted by Crippen LogP contribution is -2.24.